The molecule has 0 amide bonds. The lowest BCUT2D eigenvalue weighted by Gasteiger charge is -2.18. The topological polar surface area (TPSA) is 24.9 Å². The molecule has 1 N–H and O–H groups in total. The highest BCUT2D eigenvalue weighted by atomic mass is 79.9. The number of aromatic nitrogens is 1. The molecule has 2 nitrogen and oxygen atoms in total. The van der Waals surface area contributed by atoms with Crippen LogP contribution in [0.5, 0.6) is 0 Å². The second-order valence-corrected chi connectivity index (χ2v) is 7.57. The van der Waals surface area contributed by atoms with E-state index in [1.165, 1.54) is 10.6 Å². The summed E-state index contributed by atoms with van der Waals surface area (Å²) < 4.78 is 2.20. The van der Waals surface area contributed by atoms with Crippen molar-refractivity contribution in [1.82, 2.24) is 10.3 Å². The first-order valence-electron chi connectivity index (χ1n) is 6.69. The summed E-state index contributed by atoms with van der Waals surface area (Å²) in [7, 11) is 0. The molecule has 0 saturated heterocycles. The van der Waals surface area contributed by atoms with Crippen LogP contribution in [0.4, 0.5) is 0 Å². The Balaban J connectivity index is 2.21. The van der Waals surface area contributed by atoms with E-state index in [2.05, 4.69) is 72.7 Å². The molecule has 0 aliphatic carbocycles. The molecule has 0 saturated carbocycles. The monoisotopic (exact) mass is 416 g/mol. The number of nitrogens with one attached hydrogen (secondary N) is 1. The van der Waals surface area contributed by atoms with Gasteiger partial charge in [-0.1, -0.05) is 38.8 Å². The second kappa shape index (κ2) is 7.69. The minimum atomic E-state index is 0.300. The number of thiazole rings is 1. The quantitative estimate of drug-likeness (QED) is 0.693. The van der Waals surface area contributed by atoms with E-state index in [0.717, 1.165) is 34.0 Å². The third-order valence-electron chi connectivity index (χ3n) is 2.97. The Bertz CT molecular complexity index is 549. The maximum absolute atomic E-state index is 4.58. The molecule has 20 heavy (non-hydrogen) atoms. The Morgan fingerprint density at radius 1 is 1.25 bits per heavy atom. The van der Waals surface area contributed by atoms with Gasteiger partial charge in [0.2, 0.25) is 0 Å². The molecule has 2 rings (SSSR count). The van der Waals surface area contributed by atoms with E-state index in [9.17, 15) is 0 Å². The molecule has 0 aliphatic rings. The Morgan fingerprint density at radius 2 is 1.95 bits per heavy atom. The first-order valence-corrected chi connectivity index (χ1v) is 9.15. The van der Waals surface area contributed by atoms with E-state index < -0.39 is 0 Å². The third kappa shape index (κ3) is 4.65. The number of halogens is 2. The highest BCUT2D eigenvalue weighted by Crippen LogP contribution is 2.27. The van der Waals surface area contributed by atoms with Crippen molar-refractivity contribution in [3.63, 3.8) is 0 Å². The largest absolute Gasteiger partial charge is 0.310 e. The average Bonchev–Trinajstić information content (AvgIpc) is 2.79. The summed E-state index contributed by atoms with van der Waals surface area (Å²) >= 11 is 8.88. The van der Waals surface area contributed by atoms with Gasteiger partial charge in [-0.15, -0.1) is 11.3 Å². The van der Waals surface area contributed by atoms with Crippen LogP contribution in [-0.4, -0.2) is 11.5 Å². The van der Waals surface area contributed by atoms with Crippen LogP contribution in [0.3, 0.4) is 0 Å². The van der Waals surface area contributed by atoms with Crippen molar-refractivity contribution in [2.75, 3.05) is 6.54 Å². The summed E-state index contributed by atoms with van der Waals surface area (Å²) in [6.07, 6.45) is 2.06. The van der Waals surface area contributed by atoms with Gasteiger partial charge in [-0.3, -0.25) is 0 Å². The number of nitrogens with zero attached hydrogens (tertiary/aromatic N) is 1. The highest BCUT2D eigenvalue weighted by molar-refractivity contribution is 9.11. The third-order valence-corrected chi connectivity index (χ3v) is 4.88. The molecule has 1 heterocycles. The number of benzene rings is 1. The summed E-state index contributed by atoms with van der Waals surface area (Å²) in [5.74, 6) is 0. The first-order chi connectivity index (χ1) is 9.58. The van der Waals surface area contributed by atoms with Crippen LogP contribution in [0.1, 0.15) is 35.7 Å². The van der Waals surface area contributed by atoms with Gasteiger partial charge < -0.3 is 5.32 Å². The molecule has 5 heteroatoms. The zero-order valence-corrected chi connectivity index (χ0v) is 15.6. The van der Waals surface area contributed by atoms with Crippen LogP contribution in [0.2, 0.25) is 0 Å². The molecule has 1 aromatic heterocycles. The molecular formula is C15H18Br2N2S. The van der Waals surface area contributed by atoms with Gasteiger partial charge in [0, 0.05) is 32.5 Å². The van der Waals surface area contributed by atoms with Gasteiger partial charge in [0.1, 0.15) is 0 Å². The van der Waals surface area contributed by atoms with E-state index in [1.807, 2.05) is 6.92 Å². The number of hydrogen-bond donors (Lipinski definition) is 1. The van der Waals surface area contributed by atoms with Crippen molar-refractivity contribution < 1.29 is 0 Å². The van der Waals surface area contributed by atoms with Crippen molar-refractivity contribution >= 4 is 43.2 Å². The van der Waals surface area contributed by atoms with E-state index in [1.54, 1.807) is 11.3 Å². The number of aryl methyl sites for hydroxylation is 1. The molecule has 0 bridgehead atoms. The van der Waals surface area contributed by atoms with E-state index >= 15 is 0 Å². The molecule has 1 atom stereocenters. The average molecular weight is 418 g/mol. The predicted molar refractivity (Wildman–Crippen MR) is 93.4 cm³/mol. The second-order valence-electron chi connectivity index (χ2n) is 4.80. The summed E-state index contributed by atoms with van der Waals surface area (Å²) in [6, 6.07) is 6.72. The van der Waals surface area contributed by atoms with Crippen LogP contribution in [-0.2, 0) is 6.42 Å². The fraction of sp³-hybridized carbons (Fsp3) is 0.400. The molecule has 0 fully saturated rings. The molecule has 0 spiro atoms. The van der Waals surface area contributed by atoms with Crippen molar-refractivity contribution in [3.8, 4) is 0 Å². The van der Waals surface area contributed by atoms with Gasteiger partial charge in [0.05, 0.1) is 5.01 Å². The molecule has 1 unspecified atom stereocenters. The van der Waals surface area contributed by atoms with Crippen LogP contribution in [0.15, 0.2) is 32.5 Å². The first kappa shape index (κ1) is 16.1. The SMILES string of the molecule is CCCNC(Cc1nc(C)cs1)c1cc(Br)cc(Br)c1. The smallest absolute Gasteiger partial charge is 0.0947 e. The van der Waals surface area contributed by atoms with Gasteiger partial charge in [-0.25, -0.2) is 4.98 Å². The lowest BCUT2D eigenvalue weighted by atomic mass is 10.0. The fourth-order valence-electron chi connectivity index (χ4n) is 2.07. The van der Waals surface area contributed by atoms with Crippen molar-refractivity contribution in [2.45, 2.75) is 32.7 Å². The number of rotatable bonds is 6. The molecule has 1 aromatic carbocycles. The van der Waals surface area contributed by atoms with Crippen LogP contribution in [0, 0.1) is 6.92 Å². The molecule has 0 aliphatic heterocycles. The van der Waals surface area contributed by atoms with Crippen LogP contribution < -0.4 is 5.32 Å². The zero-order chi connectivity index (χ0) is 14.5. The van der Waals surface area contributed by atoms with Crippen molar-refractivity contribution in [3.05, 3.63) is 48.8 Å². The highest BCUT2D eigenvalue weighted by Gasteiger charge is 2.14. The predicted octanol–water partition coefficient (Wildman–Crippen LogP) is 5.26. The van der Waals surface area contributed by atoms with Crippen LogP contribution >= 0.6 is 43.2 Å². The molecule has 108 valence electrons. The molecule has 2 aromatic rings. The fourth-order valence-corrected chi connectivity index (χ4v) is 4.22. The van der Waals surface area contributed by atoms with E-state index in [-0.39, 0.29) is 0 Å². The Labute approximate surface area is 141 Å². The van der Waals surface area contributed by atoms with Gasteiger partial charge in [-0.05, 0) is 43.7 Å². The molecular weight excluding hydrogens is 400 g/mol. The zero-order valence-electron chi connectivity index (χ0n) is 11.6. The van der Waals surface area contributed by atoms with E-state index in [0.29, 0.717) is 6.04 Å². The van der Waals surface area contributed by atoms with Crippen molar-refractivity contribution in [1.29, 1.82) is 0 Å². The maximum atomic E-state index is 4.58. The maximum Gasteiger partial charge on any atom is 0.0947 e. The van der Waals surface area contributed by atoms with Gasteiger partial charge in [-0.2, -0.15) is 0 Å². The van der Waals surface area contributed by atoms with E-state index in [4.69, 9.17) is 0 Å². The van der Waals surface area contributed by atoms with Gasteiger partial charge in [0.25, 0.3) is 0 Å². The van der Waals surface area contributed by atoms with Gasteiger partial charge >= 0.3 is 0 Å². The Hall–Kier alpha value is -0.230. The number of hydrogen-bond acceptors (Lipinski definition) is 3. The lowest BCUT2D eigenvalue weighted by Crippen LogP contribution is -2.24. The summed E-state index contributed by atoms with van der Waals surface area (Å²) in [5.41, 5.74) is 2.39. The Morgan fingerprint density at radius 3 is 2.50 bits per heavy atom. The minimum Gasteiger partial charge on any atom is -0.310 e. The molecule has 0 radical (unpaired) electrons. The normalized spacial score (nSPS) is 12.6. The summed E-state index contributed by atoms with van der Waals surface area (Å²) in [6.45, 7) is 5.25. The van der Waals surface area contributed by atoms with Crippen molar-refractivity contribution in [2.24, 2.45) is 0 Å². The standard InChI is InChI=1S/C15H18Br2N2S/c1-3-4-18-14(8-15-19-10(2)9-20-15)11-5-12(16)7-13(17)6-11/h5-7,9,14,18H,3-4,8H2,1-2H3. The minimum absolute atomic E-state index is 0.300. The van der Waals surface area contributed by atoms with Gasteiger partial charge in [0.15, 0.2) is 0 Å². The summed E-state index contributed by atoms with van der Waals surface area (Å²) in [5, 5.41) is 6.92. The summed E-state index contributed by atoms with van der Waals surface area (Å²) in [4.78, 5) is 4.58. The Kier molecular flexibility index (Phi) is 6.20. The van der Waals surface area contributed by atoms with Crippen LogP contribution in [0.25, 0.3) is 0 Å². The lowest BCUT2D eigenvalue weighted by molar-refractivity contribution is 0.527.